The molecule has 1 aliphatic heterocycles. The Morgan fingerprint density at radius 2 is 1.78 bits per heavy atom. The molecule has 4 rings (SSSR count). The Hall–Kier alpha value is -1.81. The van der Waals surface area contributed by atoms with Gasteiger partial charge in [-0.25, -0.2) is 4.98 Å². The van der Waals surface area contributed by atoms with Crippen LogP contribution in [0, 0.1) is 6.92 Å². The molecular formula is C22H29ClN4. The third-order valence-corrected chi connectivity index (χ3v) is 6.44. The Morgan fingerprint density at radius 1 is 1.00 bits per heavy atom. The van der Waals surface area contributed by atoms with Crippen LogP contribution in [0.4, 0.5) is 11.8 Å². The molecular weight excluding hydrogens is 356 g/mol. The fraction of sp³-hybridized carbons (Fsp3) is 0.545. The van der Waals surface area contributed by atoms with Crippen molar-refractivity contribution in [3.63, 3.8) is 0 Å². The number of benzene rings is 1. The van der Waals surface area contributed by atoms with Crippen molar-refractivity contribution in [2.75, 3.05) is 17.2 Å². The molecule has 2 heterocycles. The standard InChI is InChI=1S/C22H29ClN4/c1-15-13-21(26-22(24)25-15)27-12-6-2-3-9-20(27)18-11-10-17(14-19(18)23)16-7-4-5-8-16/h10-11,13-14,16,20H,2-9,12H2,1H3,(H2,24,25,26). The van der Waals surface area contributed by atoms with Gasteiger partial charge < -0.3 is 10.6 Å². The molecule has 0 spiro atoms. The zero-order chi connectivity index (χ0) is 18.8. The van der Waals surface area contributed by atoms with E-state index in [0.29, 0.717) is 11.9 Å². The Kier molecular flexibility index (Phi) is 5.53. The lowest BCUT2D eigenvalue weighted by molar-refractivity contribution is 0.596. The molecule has 1 aliphatic carbocycles. The van der Waals surface area contributed by atoms with Crippen LogP contribution in [0.5, 0.6) is 0 Å². The summed E-state index contributed by atoms with van der Waals surface area (Å²) < 4.78 is 0. The molecule has 2 aromatic rings. The number of anilines is 2. The lowest BCUT2D eigenvalue weighted by Crippen LogP contribution is -2.30. The first kappa shape index (κ1) is 18.5. The Balaban J connectivity index is 1.68. The van der Waals surface area contributed by atoms with Gasteiger partial charge in [0.05, 0.1) is 6.04 Å². The second-order valence-corrected chi connectivity index (χ2v) is 8.45. The molecule has 2 aliphatic rings. The van der Waals surface area contributed by atoms with Gasteiger partial charge in [0.25, 0.3) is 0 Å². The van der Waals surface area contributed by atoms with Gasteiger partial charge in [-0.2, -0.15) is 4.98 Å². The summed E-state index contributed by atoms with van der Waals surface area (Å²) in [5, 5.41) is 0.898. The third-order valence-electron chi connectivity index (χ3n) is 6.12. The van der Waals surface area contributed by atoms with Crippen LogP contribution in [0.2, 0.25) is 5.02 Å². The number of nitrogens with two attached hydrogens (primary N) is 1. The summed E-state index contributed by atoms with van der Waals surface area (Å²) in [7, 11) is 0. The maximum Gasteiger partial charge on any atom is 0.222 e. The highest BCUT2D eigenvalue weighted by Crippen LogP contribution is 2.40. The molecule has 2 fully saturated rings. The van der Waals surface area contributed by atoms with Gasteiger partial charge in [-0.3, -0.25) is 0 Å². The Morgan fingerprint density at radius 3 is 2.52 bits per heavy atom. The van der Waals surface area contributed by atoms with Crippen molar-refractivity contribution in [2.24, 2.45) is 0 Å². The molecule has 5 heteroatoms. The van der Waals surface area contributed by atoms with Crippen molar-refractivity contribution in [2.45, 2.75) is 70.3 Å². The predicted molar refractivity (Wildman–Crippen MR) is 112 cm³/mol. The minimum Gasteiger partial charge on any atom is -0.368 e. The summed E-state index contributed by atoms with van der Waals surface area (Å²) in [6.07, 6.45) is 9.98. The second-order valence-electron chi connectivity index (χ2n) is 8.05. The zero-order valence-electron chi connectivity index (χ0n) is 16.1. The Labute approximate surface area is 167 Å². The van der Waals surface area contributed by atoms with E-state index < -0.39 is 0 Å². The molecule has 1 aromatic carbocycles. The maximum absolute atomic E-state index is 6.83. The van der Waals surface area contributed by atoms with Crippen LogP contribution < -0.4 is 10.6 Å². The van der Waals surface area contributed by atoms with Crippen molar-refractivity contribution < 1.29 is 0 Å². The predicted octanol–water partition coefficient (Wildman–Crippen LogP) is 5.80. The summed E-state index contributed by atoms with van der Waals surface area (Å²) >= 11 is 6.83. The van der Waals surface area contributed by atoms with Gasteiger partial charge in [0, 0.05) is 23.3 Å². The van der Waals surface area contributed by atoms with Gasteiger partial charge in [0.2, 0.25) is 5.95 Å². The molecule has 1 aromatic heterocycles. The minimum atomic E-state index is 0.242. The fourth-order valence-electron chi connectivity index (χ4n) is 4.75. The van der Waals surface area contributed by atoms with E-state index in [1.165, 1.54) is 49.7 Å². The smallest absolute Gasteiger partial charge is 0.222 e. The van der Waals surface area contributed by atoms with Gasteiger partial charge in [-0.05, 0) is 55.7 Å². The zero-order valence-corrected chi connectivity index (χ0v) is 16.9. The van der Waals surface area contributed by atoms with E-state index in [0.717, 1.165) is 35.9 Å². The molecule has 27 heavy (non-hydrogen) atoms. The number of nitrogens with zero attached hydrogens (tertiary/aromatic N) is 3. The highest BCUT2D eigenvalue weighted by Gasteiger charge is 2.27. The summed E-state index contributed by atoms with van der Waals surface area (Å²) in [4.78, 5) is 11.2. The SMILES string of the molecule is Cc1cc(N2CCCCCC2c2ccc(C3CCCC3)cc2Cl)nc(N)n1. The van der Waals surface area contributed by atoms with Gasteiger partial charge in [0.1, 0.15) is 5.82 Å². The van der Waals surface area contributed by atoms with Crippen LogP contribution >= 0.6 is 11.6 Å². The normalized spacial score (nSPS) is 21.4. The van der Waals surface area contributed by atoms with Crippen LogP contribution in [0.25, 0.3) is 0 Å². The summed E-state index contributed by atoms with van der Waals surface area (Å²) in [5.41, 5.74) is 9.46. The number of halogens is 1. The molecule has 0 radical (unpaired) electrons. The van der Waals surface area contributed by atoms with E-state index in [2.05, 4.69) is 33.1 Å². The lowest BCUT2D eigenvalue weighted by Gasteiger charge is -2.32. The molecule has 0 bridgehead atoms. The number of aromatic nitrogens is 2. The maximum atomic E-state index is 6.83. The molecule has 0 amide bonds. The van der Waals surface area contributed by atoms with E-state index in [4.69, 9.17) is 17.3 Å². The van der Waals surface area contributed by atoms with Gasteiger partial charge in [-0.15, -0.1) is 0 Å². The van der Waals surface area contributed by atoms with Crippen LogP contribution in [-0.4, -0.2) is 16.5 Å². The fourth-order valence-corrected chi connectivity index (χ4v) is 5.07. The van der Waals surface area contributed by atoms with Crippen molar-refractivity contribution in [1.82, 2.24) is 9.97 Å². The van der Waals surface area contributed by atoms with E-state index >= 15 is 0 Å². The van der Waals surface area contributed by atoms with Gasteiger partial charge >= 0.3 is 0 Å². The van der Waals surface area contributed by atoms with E-state index in [1.807, 2.05) is 13.0 Å². The van der Waals surface area contributed by atoms with Crippen molar-refractivity contribution >= 4 is 23.4 Å². The molecule has 1 unspecified atom stereocenters. The van der Waals surface area contributed by atoms with Crippen LogP contribution in [0.1, 0.15) is 80.1 Å². The third kappa shape index (κ3) is 4.06. The first-order valence-electron chi connectivity index (χ1n) is 10.3. The number of rotatable bonds is 3. The van der Waals surface area contributed by atoms with Crippen molar-refractivity contribution in [3.8, 4) is 0 Å². The minimum absolute atomic E-state index is 0.242. The molecule has 4 nitrogen and oxygen atoms in total. The molecule has 1 saturated carbocycles. The average molecular weight is 385 g/mol. The van der Waals surface area contributed by atoms with Crippen molar-refractivity contribution in [1.29, 1.82) is 0 Å². The van der Waals surface area contributed by atoms with Crippen LogP contribution in [0.3, 0.4) is 0 Å². The molecule has 2 N–H and O–H groups in total. The highest BCUT2D eigenvalue weighted by molar-refractivity contribution is 6.31. The van der Waals surface area contributed by atoms with Crippen LogP contribution in [-0.2, 0) is 0 Å². The topological polar surface area (TPSA) is 55.0 Å². The van der Waals surface area contributed by atoms with E-state index in [1.54, 1.807) is 0 Å². The number of aryl methyl sites for hydroxylation is 1. The van der Waals surface area contributed by atoms with Gasteiger partial charge in [0.15, 0.2) is 0 Å². The number of hydrogen-bond acceptors (Lipinski definition) is 4. The quantitative estimate of drug-likeness (QED) is 0.726. The monoisotopic (exact) mass is 384 g/mol. The van der Waals surface area contributed by atoms with Crippen LogP contribution in [0.15, 0.2) is 24.3 Å². The van der Waals surface area contributed by atoms with Gasteiger partial charge in [-0.1, -0.05) is 49.4 Å². The summed E-state index contributed by atoms with van der Waals surface area (Å²) in [6.45, 7) is 2.94. The van der Waals surface area contributed by atoms with E-state index in [-0.39, 0.29) is 6.04 Å². The first-order valence-corrected chi connectivity index (χ1v) is 10.7. The largest absolute Gasteiger partial charge is 0.368 e. The first-order chi connectivity index (χ1) is 13.1. The molecule has 1 saturated heterocycles. The molecule has 1 atom stereocenters. The Bertz CT molecular complexity index is 781. The highest BCUT2D eigenvalue weighted by atomic mass is 35.5. The lowest BCUT2D eigenvalue weighted by atomic mass is 9.93. The van der Waals surface area contributed by atoms with E-state index in [9.17, 15) is 0 Å². The second kappa shape index (κ2) is 8.05. The van der Waals surface area contributed by atoms with Crippen molar-refractivity contribution in [3.05, 3.63) is 46.1 Å². The molecule has 144 valence electrons. The number of hydrogen-bond donors (Lipinski definition) is 1. The summed E-state index contributed by atoms with van der Waals surface area (Å²) in [5.74, 6) is 1.95. The number of nitrogen functional groups attached to an aromatic ring is 1. The summed E-state index contributed by atoms with van der Waals surface area (Å²) in [6, 6.07) is 9.06. The average Bonchev–Trinajstić information content (AvgIpc) is 3.06.